The van der Waals surface area contributed by atoms with Crippen molar-refractivity contribution < 1.29 is 14.3 Å². The standard InChI is InChI=1S/C20H19N3O3S/c1-20(18(24)22-19(25)27-20)12-14-6-8-16(9-7-14)26-11-10-23-17-5-3-2-4-15(17)13-21-23/h2-9,13H,10-12H2,1H3,(H,22,24,25). The van der Waals surface area contributed by atoms with Gasteiger partial charge in [0, 0.05) is 5.39 Å². The molecule has 0 bridgehead atoms. The van der Waals surface area contributed by atoms with E-state index in [9.17, 15) is 9.59 Å². The van der Waals surface area contributed by atoms with Gasteiger partial charge in [-0.2, -0.15) is 5.10 Å². The van der Waals surface area contributed by atoms with Crippen LogP contribution in [0.1, 0.15) is 12.5 Å². The van der Waals surface area contributed by atoms with Crippen molar-refractivity contribution in [2.75, 3.05) is 6.61 Å². The van der Waals surface area contributed by atoms with E-state index in [1.807, 2.05) is 59.4 Å². The predicted octanol–water partition coefficient (Wildman–Crippen LogP) is 3.40. The lowest BCUT2D eigenvalue weighted by atomic mass is 9.99. The average molecular weight is 381 g/mol. The maximum atomic E-state index is 11.9. The number of ether oxygens (including phenoxy) is 1. The second kappa shape index (κ2) is 7.08. The van der Waals surface area contributed by atoms with Crippen LogP contribution >= 0.6 is 11.8 Å². The number of nitrogens with zero attached hydrogens (tertiary/aromatic N) is 2. The van der Waals surface area contributed by atoms with Crippen LogP contribution in [0.3, 0.4) is 0 Å². The van der Waals surface area contributed by atoms with Gasteiger partial charge in [0.1, 0.15) is 17.1 Å². The van der Waals surface area contributed by atoms with E-state index in [1.54, 1.807) is 6.92 Å². The molecule has 2 heterocycles. The summed E-state index contributed by atoms with van der Waals surface area (Å²) >= 11 is 1.05. The SMILES string of the molecule is CC1(Cc2ccc(OCCn3ncc4ccccc43)cc2)SC(=O)NC1=O. The highest BCUT2D eigenvalue weighted by Crippen LogP contribution is 2.34. The fraction of sp³-hybridized carbons (Fsp3) is 0.250. The van der Waals surface area contributed by atoms with Crippen LogP contribution in [-0.4, -0.2) is 32.3 Å². The van der Waals surface area contributed by atoms with E-state index in [0.717, 1.165) is 34.0 Å². The number of para-hydroxylation sites is 1. The topological polar surface area (TPSA) is 73.2 Å². The molecule has 0 spiro atoms. The summed E-state index contributed by atoms with van der Waals surface area (Å²) in [6, 6.07) is 15.7. The van der Waals surface area contributed by atoms with Gasteiger partial charge in [-0.3, -0.25) is 19.6 Å². The number of nitrogens with one attached hydrogen (secondary N) is 1. The fourth-order valence-corrected chi connectivity index (χ4v) is 4.10. The van der Waals surface area contributed by atoms with E-state index in [1.165, 1.54) is 0 Å². The minimum atomic E-state index is -0.749. The summed E-state index contributed by atoms with van der Waals surface area (Å²) in [5, 5.41) is 7.56. The van der Waals surface area contributed by atoms with E-state index >= 15 is 0 Å². The molecule has 27 heavy (non-hydrogen) atoms. The lowest BCUT2D eigenvalue weighted by molar-refractivity contribution is -0.121. The molecule has 138 valence electrons. The maximum absolute atomic E-state index is 11.9. The highest BCUT2D eigenvalue weighted by molar-refractivity contribution is 8.16. The number of amides is 2. The van der Waals surface area contributed by atoms with E-state index in [0.29, 0.717) is 19.6 Å². The molecule has 1 N–H and O–H groups in total. The van der Waals surface area contributed by atoms with Crippen molar-refractivity contribution in [2.24, 2.45) is 0 Å². The van der Waals surface area contributed by atoms with Gasteiger partial charge in [0.25, 0.3) is 5.24 Å². The molecule has 1 aliphatic rings. The van der Waals surface area contributed by atoms with Crippen molar-refractivity contribution in [1.82, 2.24) is 15.1 Å². The molecule has 1 atom stereocenters. The molecule has 1 fully saturated rings. The van der Waals surface area contributed by atoms with Gasteiger partial charge < -0.3 is 4.74 Å². The van der Waals surface area contributed by atoms with Crippen LogP contribution in [-0.2, 0) is 17.8 Å². The van der Waals surface area contributed by atoms with Crippen molar-refractivity contribution in [2.45, 2.75) is 24.6 Å². The number of carbonyl (C=O) groups is 2. The second-order valence-electron chi connectivity index (χ2n) is 6.67. The van der Waals surface area contributed by atoms with Crippen LogP contribution in [0.25, 0.3) is 10.9 Å². The van der Waals surface area contributed by atoms with Gasteiger partial charge in [-0.25, -0.2) is 0 Å². The Labute approximate surface area is 160 Å². The van der Waals surface area contributed by atoms with Crippen LogP contribution in [0.4, 0.5) is 4.79 Å². The number of thioether (sulfide) groups is 1. The quantitative estimate of drug-likeness (QED) is 0.708. The Morgan fingerprint density at radius 3 is 2.67 bits per heavy atom. The Morgan fingerprint density at radius 2 is 1.93 bits per heavy atom. The van der Waals surface area contributed by atoms with Gasteiger partial charge >= 0.3 is 0 Å². The first-order valence-corrected chi connectivity index (χ1v) is 9.52. The minimum absolute atomic E-state index is 0.232. The Morgan fingerprint density at radius 1 is 1.15 bits per heavy atom. The summed E-state index contributed by atoms with van der Waals surface area (Å²) in [5.41, 5.74) is 2.08. The summed E-state index contributed by atoms with van der Waals surface area (Å²) in [6.07, 6.45) is 2.35. The Balaban J connectivity index is 1.34. The first-order chi connectivity index (χ1) is 13.0. The molecule has 1 aromatic heterocycles. The Hall–Kier alpha value is -2.80. The zero-order valence-corrected chi connectivity index (χ0v) is 15.7. The van der Waals surface area contributed by atoms with Crippen molar-refractivity contribution in [3.63, 3.8) is 0 Å². The number of fused-ring (bicyclic) bond motifs is 1. The highest BCUT2D eigenvalue weighted by Gasteiger charge is 2.43. The molecule has 1 saturated heterocycles. The van der Waals surface area contributed by atoms with Crippen LogP contribution in [0.5, 0.6) is 5.75 Å². The molecule has 3 aromatic rings. The summed E-state index contributed by atoms with van der Waals surface area (Å²) in [7, 11) is 0. The van der Waals surface area contributed by atoms with E-state index in [2.05, 4.69) is 10.4 Å². The number of imide groups is 1. The number of carbonyl (C=O) groups excluding carboxylic acids is 2. The molecule has 0 saturated carbocycles. The second-order valence-corrected chi connectivity index (χ2v) is 8.15. The third-order valence-electron chi connectivity index (χ3n) is 4.60. The molecule has 7 heteroatoms. The lowest BCUT2D eigenvalue weighted by Crippen LogP contribution is -2.35. The van der Waals surface area contributed by atoms with Gasteiger partial charge in [-0.05, 0) is 48.9 Å². The molecule has 2 amide bonds. The number of hydrogen-bond donors (Lipinski definition) is 1. The molecule has 0 aliphatic carbocycles. The number of rotatable bonds is 6. The van der Waals surface area contributed by atoms with Crippen molar-refractivity contribution >= 4 is 33.8 Å². The molecular weight excluding hydrogens is 362 g/mol. The third-order valence-corrected chi connectivity index (χ3v) is 5.67. The summed E-state index contributed by atoms with van der Waals surface area (Å²) in [6.45, 7) is 2.96. The molecule has 1 unspecified atom stereocenters. The summed E-state index contributed by atoms with van der Waals surface area (Å²) in [5.74, 6) is 0.532. The monoisotopic (exact) mass is 381 g/mol. The van der Waals surface area contributed by atoms with E-state index < -0.39 is 4.75 Å². The zero-order chi connectivity index (χ0) is 18.9. The molecular formula is C20H19N3O3S. The molecule has 2 aromatic carbocycles. The number of benzene rings is 2. The smallest absolute Gasteiger partial charge is 0.286 e. The van der Waals surface area contributed by atoms with E-state index in [4.69, 9.17) is 4.74 Å². The fourth-order valence-electron chi connectivity index (χ4n) is 3.16. The lowest BCUT2D eigenvalue weighted by Gasteiger charge is -2.18. The van der Waals surface area contributed by atoms with Gasteiger partial charge in [0.15, 0.2) is 0 Å². The molecule has 4 rings (SSSR count). The van der Waals surface area contributed by atoms with Gasteiger partial charge in [-0.1, -0.05) is 30.3 Å². The van der Waals surface area contributed by atoms with Crippen molar-refractivity contribution in [3.05, 3.63) is 60.3 Å². The maximum Gasteiger partial charge on any atom is 0.286 e. The third kappa shape index (κ3) is 3.68. The Bertz CT molecular complexity index is 999. The normalized spacial score (nSPS) is 19.4. The van der Waals surface area contributed by atoms with Gasteiger partial charge in [0.2, 0.25) is 5.91 Å². The first kappa shape index (κ1) is 17.6. The number of hydrogen-bond acceptors (Lipinski definition) is 5. The highest BCUT2D eigenvalue weighted by atomic mass is 32.2. The molecule has 1 aliphatic heterocycles. The summed E-state index contributed by atoms with van der Waals surface area (Å²) < 4.78 is 7.00. The summed E-state index contributed by atoms with van der Waals surface area (Å²) in [4.78, 5) is 23.4. The van der Waals surface area contributed by atoms with Crippen LogP contribution < -0.4 is 10.1 Å². The molecule has 6 nitrogen and oxygen atoms in total. The number of aromatic nitrogens is 2. The zero-order valence-electron chi connectivity index (χ0n) is 14.8. The average Bonchev–Trinajstić information content (AvgIpc) is 3.17. The van der Waals surface area contributed by atoms with Crippen molar-refractivity contribution in [3.8, 4) is 5.75 Å². The van der Waals surface area contributed by atoms with Crippen LogP contribution in [0.15, 0.2) is 54.7 Å². The minimum Gasteiger partial charge on any atom is -0.492 e. The van der Waals surface area contributed by atoms with Crippen LogP contribution in [0, 0.1) is 0 Å². The van der Waals surface area contributed by atoms with Crippen LogP contribution in [0.2, 0.25) is 0 Å². The van der Waals surface area contributed by atoms with Crippen molar-refractivity contribution in [1.29, 1.82) is 0 Å². The first-order valence-electron chi connectivity index (χ1n) is 8.70. The Kier molecular flexibility index (Phi) is 4.61. The van der Waals surface area contributed by atoms with Gasteiger partial charge in [-0.15, -0.1) is 0 Å². The largest absolute Gasteiger partial charge is 0.492 e. The molecule has 0 radical (unpaired) electrons. The van der Waals surface area contributed by atoms with E-state index in [-0.39, 0.29) is 11.1 Å². The predicted molar refractivity (Wildman–Crippen MR) is 105 cm³/mol. The van der Waals surface area contributed by atoms with Gasteiger partial charge in [0.05, 0.1) is 18.3 Å².